The van der Waals surface area contributed by atoms with Crippen LogP contribution in [-0.4, -0.2) is 23.4 Å². The molecule has 7 nitrogen and oxygen atoms in total. The van der Waals surface area contributed by atoms with Crippen LogP contribution in [0.5, 0.6) is 0 Å². The van der Waals surface area contributed by atoms with Gasteiger partial charge in [-0.15, -0.1) is 0 Å². The summed E-state index contributed by atoms with van der Waals surface area (Å²) in [5, 5.41) is 3.30. The smallest absolute Gasteiger partial charge is 0.416 e. The number of benzene rings is 3. The van der Waals surface area contributed by atoms with Crippen molar-refractivity contribution < 1.29 is 26.7 Å². The van der Waals surface area contributed by atoms with Gasteiger partial charge in [0.05, 0.1) is 45.9 Å². The Kier molecular flexibility index (Phi) is 8.92. The van der Waals surface area contributed by atoms with Crippen LogP contribution in [0.2, 0.25) is 10.0 Å². The molecule has 2 atom stereocenters. The average molecular weight is 614 g/mol. The molecule has 4 aromatic rings. The molecule has 0 fully saturated rings. The predicted octanol–water partition coefficient (Wildman–Crippen LogP) is 6.88. The number of halogens is 5. The molecule has 0 radical (unpaired) electrons. The Morgan fingerprint density at radius 2 is 1.82 bits per heavy atom. The molecule has 0 saturated heterocycles. The lowest BCUT2D eigenvalue weighted by Crippen LogP contribution is -2.30. The van der Waals surface area contributed by atoms with Crippen LogP contribution in [0, 0.1) is 0 Å². The minimum absolute atomic E-state index is 0.160. The van der Waals surface area contributed by atoms with Crippen molar-refractivity contribution >= 4 is 63.6 Å². The van der Waals surface area contributed by atoms with E-state index >= 15 is 0 Å². The van der Waals surface area contributed by atoms with Crippen LogP contribution in [0.3, 0.4) is 0 Å². The predicted molar refractivity (Wildman–Crippen MR) is 144 cm³/mol. The Morgan fingerprint density at radius 1 is 1.10 bits per heavy atom. The highest BCUT2D eigenvalue weighted by Gasteiger charge is 2.34. The summed E-state index contributed by atoms with van der Waals surface area (Å²) in [5.74, 6) is -1.04. The topological polar surface area (TPSA) is 98.2 Å². The lowest BCUT2D eigenvalue weighted by atomic mass is 10.0. The maximum absolute atomic E-state index is 13.7. The molecule has 2 unspecified atom stereocenters. The molecule has 0 aliphatic heterocycles. The number of nitrogens with one attached hydrogen (secondary N) is 1. The van der Waals surface area contributed by atoms with E-state index in [2.05, 4.69) is 14.1 Å². The van der Waals surface area contributed by atoms with Crippen molar-refractivity contribution in [3.8, 4) is 0 Å². The Balaban J connectivity index is 1.77. The molecule has 3 aromatic carbocycles. The van der Waals surface area contributed by atoms with Crippen molar-refractivity contribution in [3.05, 3.63) is 105 Å². The van der Waals surface area contributed by atoms with Crippen LogP contribution in [0.1, 0.15) is 45.7 Å². The van der Waals surface area contributed by atoms with E-state index in [9.17, 15) is 26.7 Å². The summed E-state index contributed by atoms with van der Waals surface area (Å²) < 4.78 is 74.7. The number of amides is 1. The first-order chi connectivity index (χ1) is 18.5. The first-order valence-electron chi connectivity index (χ1n) is 11.2. The highest BCUT2D eigenvalue weighted by molar-refractivity contribution is 7.81. The Hall–Kier alpha value is -3.03. The van der Waals surface area contributed by atoms with Gasteiger partial charge in [-0.1, -0.05) is 59.6 Å². The molecule has 4 rings (SSSR count). The van der Waals surface area contributed by atoms with Gasteiger partial charge in [-0.2, -0.15) is 21.9 Å². The number of nitrogens with zero attached hydrogens (tertiary/aromatic N) is 3. The normalized spacial score (nSPS) is 13.1. The molecule has 1 aromatic heterocycles. The second-order valence-electron chi connectivity index (χ2n) is 8.30. The summed E-state index contributed by atoms with van der Waals surface area (Å²) >= 11 is 9.70. The van der Waals surface area contributed by atoms with Gasteiger partial charge in [-0.25, -0.2) is 0 Å². The number of hydrogen-bond acceptors (Lipinski definition) is 6. The monoisotopic (exact) mass is 613 g/mol. The molecule has 0 aliphatic carbocycles. The molecule has 39 heavy (non-hydrogen) atoms. The van der Waals surface area contributed by atoms with E-state index in [0.717, 1.165) is 11.6 Å². The van der Waals surface area contributed by atoms with Gasteiger partial charge in [0.15, 0.2) is 5.82 Å². The van der Waals surface area contributed by atoms with Crippen LogP contribution < -0.4 is 9.62 Å². The molecule has 1 amide bonds. The van der Waals surface area contributed by atoms with E-state index in [1.807, 2.05) is 0 Å². The number of aromatic nitrogens is 2. The largest absolute Gasteiger partial charge is 0.755 e. The van der Waals surface area contributed by atoms with E-state index in [4.69, 9.17) is 23.2 Å². The third-order valence-corrected chi connectivity index (χ3v) is 7.44. The van der Waals surface area contributed by atoms with Crippen molar-refractivity contribution in [2.24, 2.45) is 0 Å². The molecular formula is C25H18Cl2F3N4O3S2-. The van der Waals surface area contributed by atoms with Gasteiger partial charge >= 0.3 is 6.18 Å². The Bertz CT molecular complexity index is 1520. The van der Waals surface area contributed by atoms with Crippen molar-refractivity contribution in [1.29, 1.82) is 0 Å². The number of hydrogen-bond donors (Lipinski definition) is 1. The highest BCUT2D eigenvalue weighted by atomic mass is 35.5. The molecular weight excluding hydrogens is 596 g/mol. The van der Waals surface area contributed by atoms with E-state index in [-0.39, 0.29) is 28.5 Å². The van der Waals surface area contributed by atoms with Crippen LogP contribution in [0.25, 0.3) is 0 Å². The van der Waals surface area contributed by atoms with Crippen molar-refractivity contribution in [1.82, 2.24) is 14.1 Å². The molecule has 204 valence electrons. The standard InChI is InChI=1S/C25H19Cl2F3N4O3S2/c1-14(18-10-8-17(26)13-20(18)27)31-24(35)19-9-7-16(25(28,29)30)12-22(19)34(39(36)37)23-21(32-38-33-23)11-15-5-3-2-4-6-15/h2-10,12-14H,11H2,1H3,(H,31,35)(H,36,37)/p-1. The molecule has 14 heteroatoms. The second-order valence-corrected chi connectivity index (χ2v) is 10.5. The maximum Gasteiger partial charge on any atom is 0.416 e. The molecule has 0 saturated carbocycles. The molecule has 1 heterocycles. The first kappa shape index (κ1) is 29.0. The number of rotatable bonds is 8. The Labute approximate surface area is 238 Å². The maximum atomic E-state index is 13.7. The summed E-state index contributed by atoms with van der Waals surface area (Å²) in [6, 6.07) is 15.1. The van der Waals surface area contributed by atoms with E-state index < -0.39 is 40.6 Å². The van der Waals surface area contributed by atoms with Crippen molar-refractivity contribution in [2.75, 3.05) is 4.31 Å². The van der Waals surface area contributed by atoms with Crippen molar-refractivity contribution in [2.45, 2.75) is 25.6 Å². The molecule has 0 bridgehead atoms. The number of carbonyl (C=O) groups excluding carboxylic acids is 1. The summed E-state index contributed by atoms with van der Waals surface area (Å²) in [5.41, 5.74) is -0.527. The van der Waals surface area contributed by atoms with Crippen molar-refractivity contribution in [3.63, 3.8) is 0 Å². The third-order valence-electron chi connectivity index (χ3n) is 5.66. The van der Waals surface area contributed by atoms with Gasteiger partial charge in [0, 0.05) is 16.5 Å². The minimum Gasteiger partial charge on any atom is -0.755 e. The summed E-state index contributed by atoms with van der Waals surface area (Å²) in [6.07, 6.45) is -4.65. The number of carbonyl (C=O) groups is 1. The second kappa shape index (κ2) is 12.0. The minimum atomic E-state index is -4.81. The fraction of sp³-hybridized carbons (Fsp3) is 0.160. The summed E-state index contributed by atoms with van der Waals surface area (Å²) in [6.45, 7) is 1.61. The lowest BCUT2D eigenvalue weighted by molar-refractivity contribution is -0.137. The zero-order valence-electron chi connectivity index (χ0n) is 19.9. The van der Waals surface area contributed by atoms with Gasteiger partial charge < -0.3 is 9.87 Å². The van der Waals surface area contributed by atoms with Gasteiger partial charge in [0.25, 0.3) is 5.91 Å². The summed E-state index contributed by atoms with van der Waals surface area (Å²) in [4.78, 5) is 13.3. The van der Waals surface area contributed by atoms with E-state index in [1.165, 1.54) is 6.07 Å². The zero-order valence-corrected chi connectivity index (χ0v) is 23.1. The van der Waals surface area contributed by atoms with Gasteiger partial charge in [0.1, 0.15) is 5.69 Å². The van der Waals surface area contributed by atoms with Gasteiger partial charge in [-0.05, 0) is 48.4 Å². The fourth-order valence-electron chi connectivity index (χ4n) is 3.79. The number of alkyl halides is 3. The van der Waals surface area contributed by atoms with E-state index in [1.54, 1.807) is 49.4 Å². The average Bonchev–Trinajstić information content (AvgIpc) is 3.31. The first-order valence-corrected chi connectivity index (χ1v) is 13.7. The fourth-order valence-corrected chi connectivity index (χ4v) is 5.57. The van der Waals surface area contributed by atoms with Crippen LogP contribution in [0.4, 0.5) is 24.7 Å². The highest BCUT2D eigenvalue weighted by Crippen LogP contribution is 2.38. The van der Waals surface area contributed by atoms with Crippen LogP contribution in [0.15, 0.2) is 66.7 Å². The third kappa shape index (κ3) is 6.76. The lowest BCUT2D eigenvalue weighted by Gasteiger charge is -2.28. The van der Waals surface area contributed by atoms with Gasteiger partial charge in [0.2, 0.25) is 0 Å². The molecule has 1 N–H and O–H groups in total. The quantitative estimate of drug-likeness (QED) is 0.218. The molecule has 0 aliphatic rings. The SMILES string of the molecule is CC(NC(=O)c1ccc(C(F)(F)F)cc1N(c1nsnc1Cc1ccccc1)S(=O)[O-])c1ccc(Cl)cc1Cl. The van der Waals surface area contributed by atoms with Gasteiger partial charge in [-0.3, -0.25) is 13.3 Å². The van der Waals surface area contributed by atoms with Crippen LogP contribution in [-0.2, 0) is 23.9 Å². The zero-order chi connectivity index (χ0) is 28.3. The number of anilines is 2. The molecule has 0 spiro atoms. The van der Waals surface area contributed by atoms with Crippen LogP contribution >= 0.6 is 34.9 Å². The Morgan fingerprint density at radius 3 is 2.46 bits per heavy atom. The summed E-state index contributed by atoms with van der Waals surface area (Å²) in [7, 11) is 0. The van der Waals surface area contributed by atoms with E-state index in [0.29, 0.717) is 38.8 Å².